The summed E-state index contributed by atoms with van der Waals surface area (Å²) >= 11 is 0. The zero-order valence-electron chi connectivity index (χ0n) is 10.5. The van der Waals surface area contributed by atoms with E-state index in [0.717, 1.165) is 6.07 Å². The smallest absolute Gasteiger partial charge is 0.313 e. The number of hydrogen-bond donors (Lipinski definition) is 2. The third-order valence-corrected chi connectivity index (χ3v) is 2.49. The van der Waals surface area contributed by atoms with Gasteiger partial charge in [0.05, 0.1) is 18.5 Å². The molecule has 1 heterocycles. The van der Waals surface area contributed by atoms with Gasteiger partial charge in [0, 0.05) is 0 Å². The summed E-state index contributed by atoms with van der Waals surface area (Å²) in [6.07, 6.45) is 1.39. The average molecular weight is 298 g/mol. The fraction of sp³-hybridized carbons (Fsp3) is 0.0769. The van der Waals surface area contributed by atoms with Gasteiger partial charge in [-0.2, -0.15) is 0 Å². The van der Waals surface area contributed by atoms with E-state index in [4.69, 9.17) is 4.42 Å². The van der Waals surface area contributed by atoms with Crippen molar-refractivity contribution in [2.45, 2.75) is 6.54 Å². The minimum Gasteiger partial charge on any atom is -0.467 e. The average Bonchev–Trinajstić information content (AvgIpc) is 2.98. The maximum absolute atomic E-state index is 13.3. The summed E-state index contributed by atoms with van der Waals surface area (Å²) in [5.41, 5.74) is -0.632. The number of hydrogen-bond acceptors (Lipinski definition) is 3. The first-order valence-corrected chi connectivity index (χ1v) is 5.74. The Morgan fingerprint density at radius 2 is 1.81 bits per heavy atom. The Hall–Kier alpha value is -2.77. The molecule has 0 atom stereocenters. The van der Waals surface area contributed by atoms with Crippen molar-refractivity contribution < 1.29 is 27.2 Å². The van der Waals surface area contributed by atoms with Crippen molar-refractivity contribution in [1.29, 1.82) is 0 Å². The van der Waals surface area contributed by atoms with Gasteiger partial charge in [-0.1, -0.05) is 0 Å². The van der Waals surface area contributed by atoms with Crippen LogP contribution in [0.2, 0.25) is 0 Å². The molecule has 2 amide bonds. The maximum atomic E-state index is 13.3. The van der Waals surface area contributed by atoms with E-state index in [-0.39, 0.29) is 6.54 Å². The lowest BCUT2D eigenvalue weighted by Crippen LogP contribution is -2.35. The summed E-state index contributed by atoms with van der Waals surface area (Å²) in [6, 6.07) is 4.62. The Labute approximate surface area is 116 Å². The minimum atomic E-state index is -1.73. The molecular weight excluding hydrogens is 289 g/mol. The zero-order chi connectivity index (χ0) is 15.4. The van der Waals surface area contributed by atoms with Gasteiger partial charge in [0.15, 0.2) is 17.5 Å². The number of rotatable bonds is 3. The molecule has 21 heavy (non-hydrogen) atoms. The Morgan fingerprint density at radius 1 is 1.05 bits per heavy atom. The fourth-order valence-corrected chi connectivity index (χ4v) is 1.46. The summed E-state index contributed by atoms with van der Waals surface area (Å²) in [7, 11) is 0. The molecule has 0 bridgehead atoms. The highest BCUT2D eigenvalue weighted by atomic mass is 19.2. The molecule has 0 radical (unpaired) electrons. The number of nitrogens with one attached hydrogen (secondary N) is 2. The lowest BCUT2D eigenvalue weighted by molar-refractivity contribution is -0.136. The third kappa shape index (κ3) is 3.41. The van der Waals surface area contributed by atoms with Crippen LogP contribution in [-0.4, -0.2) is 11.8 Å². The van der Waals surface area contributed by atoms with Gasteiger partial charge in [0.25, 0.3) is 0 Å². The molecular formula is C13H9F3N2O3. The molecule has 0 aliphatic rings. The van der Waals surface area contributed by atoms with Crippen molar-refractivity contribution in [2.75, 3.05) is 5.32 Å². The second-order valence-electron chi connectivity index (χ2n) is 3.94. The van der Waals surface area contributed by atoms with Gasteiger partial charge in [-0.15, -0.1) is 0 Å². The molecule has 0 unspecified atom stereocenters. The number of amides is 2. The van der Waals surface area contributed by atoms with Gasteiger partial charge in [-0.05, 0) is 24.3 Å². The summed E-state index contributed by atoms with van der Waals surface area (Å²) in [6.45, 7) is -0.0421. The topological polar surface area (TPSA) is 71.3 Å². The molecule has 2 rings (SSSR count). The Bertz CT molecular complexity index is 672. The van der Waals surface area contributed by atoms with Gasteiger partial charge in [0.1, 0.15) is 5.76 Å². The zero-order valence-corrected chi connectivity index (χ0v) is 10.5. The number of benzene rings is 1. The summed E-state index contributed by atoms with van der Waals surface area (Å²) in [5.74, 6) is -6.59. The third-order valence-electron chi connectivity index (χ3n) is 2.49. The normalized spacial score (nSPS) is 10.2. The van der Waals surface area contributed by atoms with E-state index >= 15 is 0 Å². The van der Waals surface area contributed by atoms with Crippen molar-refractivity contribution in [3.05, 3.63) is 53.7 Å². The van der Waals surface area contributed by atoms with E-state index in [9.17, 15) is 22.8 Å². The van der Waals surface area contributed by atoms with Crippen LogP contribution in [0.15, 0.2) is 34.9 Å². The summed E-state index contributed by atoms with van der Waals surface area (Å²) in [5, 5.41) is 4.06. The molecule has 0 aliphatic carbocycles. The second kappa shape index (κ2) is 6.12. The molecule has 0 saturated carbocycles. The van der Waals surface area contributed by atoms with Crippen LogP contribution in [0.3, 0.4) is 0 Å². The van der Waals surface area contributed by atoms with Gasteiger partial charge in [-0.25, -0.2) is 13.2 Å². The first kappa shape index (κ1) is 14.6. The van der Waals surface area contributed by atoms with Crippen LogP contribution >= 0.6 is 0 Å². The van der Waals surface area contributed by atoms with Gasteiger partial charge < -0.3 is 15.1 Å². The molecule has 0 spiro atoms. The molecule has 110 valence electrons. The second-order valence-corrected chi connectivity index (χ2v) is 3.94. The van der Waals surface area contributed by atoms with Crippen LogP contribution < -0.4 is 10.6 Å². The quantitative estimate of drug-likeness (QED) is 0.672. The highest BCUT2D eigenvalue weighted by Gasteiger charge is 2.19. The monoisotopic (exact) mass is 298 g/mol. The van der Waals surface area contributed by atoms with Crippen molar-refractivity contribution >= 4 is 17.5 Å². The highest BCUT2D eigenvalue weighted by molar-refractivity contribution is 6.39. The highest BCUT2D eigenvalue weighted by Crippen LogP contribution is 2.19. The standard InChI is InChI=1S/C13H9F3N2O3/c14-8-3-4-9(11(16)10(8)15)18-13(20)12(19)17-6-7-2-1-5-21-7/h1-5H,6H2,(H,17,19)(H,18,20). The lowest BCUT2D eigenvalue weighted by atomic mass is 10.2. The number of carbonyl (C=O) groups excluding carboxylic acids is 2. The minimum absolute atomic E-state index is 0.0421. The Kier molecular flexibility index (Phi) is 4.27. The maximum Gasteiger partial charge on any atom is 0.313 e. The van der Waals surface area contributed by atoms with E-state index in [0.29, 0.717) is 11.8 Å². The predicted octanol–water partition coefficient (Wildman–Crippen LogP) is 1.95. The first-order chi connectivity index (χ1) is 9.99. The fourth-order valence-electron chi connectivity index (χ4n) is 1.46. The number of halogens is 3. The van der Waals surface area contributed by atoms with Crippen LogP contribution in [-0.2, 0) is 16.1 Å². The Balaban J connectivity index is 1.98. The molecule has 0 saturated heterocycles. The van der Waals surface area contributed by atoms with Gasteiger partial charge >= 0.3 is 11.8 Å². The summed E-state index contributed by atoms with van der Waals surface area (Å²) < 4.78 is 43.9. The largest absolute Gasteiger partial charge is 0.467 e. The van der Waals surface area contributed by atoms with Crippen LogP contribution in [0.4, 0.5) is 18.9 Å². The first-order valence-electron chi connectivity index (χ1n) is 5.74. The molecule has 0 aliphatic heterocycles. The van der Waals surface area contributed by atoms with Crippen LogP contribution in [0.25, 0.3) is 0 Å². The van der Waals surface area contributed by atoms with Crippen molar-refractivity contribution in [3.63, 3.8) is 0 Å². The van der Waals surface area contributed by atoms with Crippen molar-refractivity contribution in [2.24, 2.45) is 0 Å². The van der Waals surface area contributed by atoms with E-state index in [1.807, 2.05) is 5.32 Å². The molecule has 5 nitrogen and oxygen atoms in total. The van der Waals surface area contributed by atoms with E-state index < -0.39 is 35.0 Å². The van der Waals surface area contributed by atoms with Crippen LogP contribution in [0, 0.1) is 17.5 Å². The Morgan fingerprint density at radius 3 is 2.48 bits per heavy atom. The number of furan rings is 1. The van der Waals surface area contributed by atoms with Crippen molar-refractivity contribution in [3.8, 4) is 0 Å². The van der Waals surface area contributed by atoms with Gasteiger partial charge in [0.2, 0.25) is 0 Å². The molecule has 1 aromatic heterocycles. The van der Waals surface area contributed by atoms with E-state index in [1.165, 1.54) is 6.26 Å². The molecule has 1 aromatic carbocycles. The molecule has 0 fully saturated rings. The number of carbonyl (C=O) groups is 2. The lowest BCUT2D eigenvalue weighted by Gasteiger charge is -2.07. The van der Waals surface area contributed by atoms with Crippen molar-refractivity contribution in [1.82, 2.24) is 5.32 Å². The van der Waals surface area contributed by atoms with E-state index in [2.05, 4.69) is 5.32 Å². The predicted molar refractivity (Wildman–Crippen MR) is 65.5 cm³/mol. The summed E-state index contributed by atoms with van der Waals surface area (Å²) in [4.78, 5) is 22.9. The number of anilines is 1. The van der Waals surface area contributed by atoms with Crippen LogP contribution in [0.1, 0.15) is 5.76 Å². The molecule has 2 aromatic rings. The van der Waals surface area contributed by atoms with Crippen LogP contribution in [0.5, 0.6) is 0 Å². The SMILES string of the molecule is O=C(NCc1ccco1)C(=O)Nc1ccc(F)c(F)c1F. The molecule has 2 N–H and O–H groups in total. The molecule has 8 heteroatoms. The van der Waals surface area contributed by atoms with Gasteiger partial charge in [-0.3, -0.25) is 9.59 Å². The van der Waals surface area contributed by atoms with E-state index in [1.54, 1.807) is 12.1 Å².